The number of aryl methyl sites for hydroxylation is 2. The van der Waals surface area contributed by atoms with Crippen LogP contribution in [0.15, 0.2) is 164 Å². The summed E-state index contributed by atoms with van der Waals surface area (Å²) in [4.78, 5) is 9.94. The number of pyridine rings is 1. The first kappa shape index (κ1) is 37.1. The molecule has 2 aliphatic rings. The first-order chi connectivity index (χ1) is 28.4. The van der Waals surface area contributed by atoms with E-state index in [-0.39, 0.29) is 21.1 Å². The van der Waals surface area contributed by atoms with Gasteiger partial charge in [0.05, 0.1) is 18.0 Å². The smallest absolute Gasteiger partial charge is 0.349 e. The predicted octanol–water partition coefficient (Wildman–Crippen LogP) is 12.7. The maximum atomic E-state index is 5.06. The molecule has 0 saturated carbocycles. The molecule has 5 heteroatoms. The Morgan fingerprint density at radius 1 is 0.610 bits per heavy atom. The minimum Gasteiger partial charge on any atom is -0.349 e. The second-order valence-corrected chi connectivity index (χ2v) is 16.1. The molecule has 0 spiro atoms. The van der Waals surface area contributed by atoms with Crippen molar-refractivity contribution in [2.45, 2.75) is 39.2 Å². The van der Waals surface area contributed by atoms with Crippen LogP contribution < -0.4 is 9.80 Å². The molecule has 1 aliphatic carbocycles. The maximum Gasteiger partial charge on any atom is 2.00 e. The van der Waals surface area contributed by atoms with Gasteiger partial charge < -0.3 is 14.4 Å². The summed E-state index contributed by atoms with van der Waals surface area (Å²) in [7, 11) is 0. The van der Waals surface area contributed by atoms with E-state index >= 15 is 0 Å². The van der Waals surface area contributed by atoms with Gasteiger partial charge in [0.1, 0.15) is 5.82 Å². The SMILES string of the molecule is Cc1cccc(C)c1-c1ccnc(-n2c3[c-]c(C4(c5[c-]c(N6CN(C(C)C)c7ccccc76)ccc5)c5ccccc5-c5ccccc54)ccc3c3ccccc32)c1.[Pt+2]. The summed E-state index contributed by atoms with van der Waals surface area (Å²) in [6.45, 7) is 9.68. The van der Waals surface area contributed by atoms with Gasteiger partial charge in [-0.15, -0.1) is 22.6 Å². The third-order valence-corrected chi connectivity index (χ3v) is 12.6. The monoisotopic (exact) mass is 941 g/mol. The average Bonchev–Trinajstić information content (AvgIpc) is 3.91. The van der Waals surface area contributed by atoms with Crippen LogP contribution in [0.1, 0.15) is 47.2 Å². The van der Waals surface area contributed by atoms with E-state index in [0.717, 1.165) is 51.3 Å². The van der Waals surface area contributed by atoms with Crippen LogP contribution in [0, 0.1) is 26.0 Å². The van der Waals surface area contributed by atoms with E-state index in [1.165, 1.54) is 55.7 Å². The van der Waals surface area contributed by atoms with Crippen molar-refractivity contribution in [3.63, 3.8) is 0 Å². The van der Waals surface area contributed by atoms with Crippen LogP contribution in [0.5, 0.6) is 0 Å². The summed E-state index contributed by atoms with van der Waals surface area (Å²) in [6, 6.07) is 66.0. The molecule has 3 heterocycles. The Labute approximate surface area is 360 Å². The molecule has 59 heavy (non-hydrogen) atoms. The Morgan fingerprint density at radius 2 is 1.25 bits per heavy atom. The zero-order valence-electron chi connectivity index (χ0n) is 33.5. The van der Waals surface area contributed by atoms with Crippen LogP contribution >= 0.6 is 0 Å². The number of hydrogen-bond donors (Lipinski definition) is 0. The first-order valence-corrected chi connectivity index (χ1v) is 20.3. The van der Waals surface area contributed by atoms with Crippen molar-refractivity contribution in [1.82, 2.24) is 9.55 Å². The maximum absolute atomic E-state index is 5.06. The van der Waals surface area contributed by atoms with Crippen LogP contribution in [0.2, 0.25) is 0 Å². The number of aromatic nitrogens is 2. The molecule has 0 N–H and O–H groups in total. The van der Waals surface area contributed by atoms with E-state index in [9.17, 15) is 0 Å². The molecule has 2 aromatic heterocycles. The van der Waals surface area contributed by atoms with E-state index in [4.69, 9.17) is 4.98 Å². The molecule has 0 atom stereocenters. The van der Waals surface area contributed by atoms with Gasteiger partial charge >= 0.3 is 21.1 Å². The number of fused-ring (bicyclic) bond motifs is 7. The molecule has 1 aliphatic heterocycles. The molecule has 288 valence electrons. The average molecular weight is 942 g/mol. The Hall–Kier alpha value is -6.22. The normalized spacial score (nSPS) is 13.8. The number of benzene rings is 7. The standard InChI is InChI=1S/C54H42N4.Pt/c1-35(2)56-34-57(50-26-12-11-25-49(50)56)41-18-14-17-39(32-41)54(46-22-8-5-19-42(46)43-20-6-9-23-47(43)54)40-27-28-45-44-21-7-10-24-48(44)58(51(45)33-40)52-31-38(29-30-55-52)53-36(3)15-13-16-37(53)4;/h5-31,35H,34H2,1-4H3;/q-2;+2. The molecule has 0 fully saturated rings. The third-order valence-electron chi connectivity index (χ3n) is 12.6. The van der Waals surface area contributed by atoms with Crippen molar-refractivity contribution in [3.05, 3.63) is 209 Å². The van der Waals surface area contributed by atoms with Gasteiger partial charge in [0.25, 0.3) is 0 Å². The zero-order chi connectivity index (χ0) is 39.1. The number of rotatable bonds is 6. The Morgan fingerprint density at radius 3 is 2.00 bits per heavy atom. The van der Waals surface area contributed by atoms with Crippen LogP contribution in [0.3, 0.4) is 0 Å². The van der Waals surface area contributed by atoms with Crippen molar-refractivity contribution in [2.24, 2.45) is 0 Å². The molecule has 0 unspecified atom stereocenters. The fourth-order valence-corrected chi connectivity index (χ4v) is 10.00. The fourth-order valence-electron chi connectivity index (χ4n) is 10.00. The van der Waals surface area contributed by atoms with Gasteiger partial charge in [-0.3, -0.25) is 0 Å². The van der Waals surface area contributed by atoms with Crippen LogP contribution in [0.4, 0.5) is 17.1 Å². The summed E-state index contributed by atoms with van der Waals surface area (Å²) in [6.07, 6.45) is 1.95. The molecule has 0 amide bonds. The van der Waals surface area contributed by atoms with Gasteiger partial charge in [-0.05, 0) is 108 Å². The first-order valence-electron chi connectivity index (χ1n) is 20.3. The largest absolute Gasteiger partial charge is 2.00 e. The fraction of sp³-hybridized carbons (Fsp3) is 0.130. The van der Waals surface area contributed by atoms with Crippen LogP contribution in [-0.4, -0.2) is 22.3 Å². The van der Waals surface area contributed by atoms with Crippen LogP contribution in [0.25, 0.3) is 49.9 Å². The molecule has 0 bridgehead atoms. The molecular formula is C54H42N4Pt. The molecular weight excluding hydrogens is 900 g/mol. The Bertz CT molecular complexity index is 3020. The van der Waals surface area contributed by atoms with E-state index < -0.39 is 5.41 Å². The molecule has 4 nitrogen and oxygen atoms in total. The number of para-hydroxylation sites is 3. The predicted molar refractivity (Wildman–Crippen MR) is 240 cm³/mol. The van der Waals surface area contributed by atoms with Gasteiger partial charge in [0.15, 0.2) is 0 Å². The summed E-state index contributed by atoms with van der Waals surface area (Å²) in [5, 5.41) is 2.32. The Kier molecular flexibility index (Phi) is 8.96. The minimum atomic E-state index is -0.691. The summed E-state index contributed by atoms with van der Waals surface area (Å²) < 4.78 is 2.31. The topological polar surface area (TPSA) is 24.3 Å². The molecule has 11 rings (SSSR count). The van der Waals surface area contributed by atoms with Gasteiger partial charge in [0.2, 0.25) is 0 Å². The summed E-state index contributed by atoms with van der Waals surface area (Å²) in [5.41, 5.74) is 17.0. The van der Waals surface area contributed by atoms with E-state index in [1.807, 2.05) is 6.20 Å². The molecule has 9 aromatic rings. The Balaban J connectivity index is 0.00000420. The van der Waals surface area contributed by atoms with Gasteiger partial charge in [-0.1, -0.05) is 108 Å². The molecule has 0 radical (unpaired) electrons. The minimum absolute atomic E-state index is 0. The summed E-state index contributed by atoms with van der Waals surface area (Å²) >= 11 is 0. The number of anilines is 3. The van der Waals surface area contributed by atoms with Crippen molar-refractivity contribution in [3.8, 4) is 28.1 Å². The van der Waals surface area contributed by atoms with E-state index in [1.54, 1.807) is 0 Å². The number of nitrogens with zero attached hydrogens (tertiary/aromatic N) is 4. The van der Waals surface area contributed by atoms with Crippen molar-refractivity contribution >= 4 is 38.9 Å². The zero-order valence-corrected chi connectivity index (χ0v) is 35.8. The number of hydrogen-bond acceptors (Lipinski definition) is 3. The van der Waals surface area contributed by atoms with Crippen molar-refractivity contribution in [2.75, 3.05) is 16.5 Å². The van der Waals surface area contributed by atoms with Crippen molar-refractivity contribution < 1.29 is 21.1 Å². The third kappa shape index (κ3) is 5.50. The summed E-state index contributed by atoms with van der Waals surface area (Å²) in [5.74, 6) is 0.872. The van der Waals surface area contributed by atoms with Crippen molar-refractivity contribution in [1.29, 1.82) is 0 Å². The van der Waals surface area contributed by atoms with E-state index in [0.29, 0.717) is 6.04 Å². The molecule has 0 saturated heterocycles. The molecule has 7 aromatic carbocycles. The second kappa shape index (κ2) is 14.3. The van der Waals surface area contributed by atoms with Gasteiger partial charge in [0, 0.05) is 23.2 Å². The van der Waals surface area contributed by atoms with Gasteiger partial charge in [-0.2, -0.15) is 36.4 Å². The van der Waals surface area contributed by atoms with Crippen LogP contribution in [-0.2, 0) is 26.5 Å². The quantitative estimate of drug-likeness (QED) is 0.155. The second-order valence-electron chi connectivity index (χ2n) is 16.1. The van der Waals surface area contributed by atoms with Gasteiger partial charge in [-0.25, -0.2) is 4.98 Å². The van der Waals surface area contributed by atoms with E-state index in [2.05, 4.69) is 212 Å².